The Morgan fingerprint density at radius 1 is 1.11 bits per heavy atom. The minimum absolute atomic E-state index is 0.163. The maximum atomic E-state index is 12.2. The number of hydrogen-bond acceptors (Lipinski definition) is 5. The number of nitrogens with zero attached hydrogens (tertiary/aromatic N) is 1. The predicted octanol–water partition coefficient (Wildman–Crippen LogP) is 5.02. The molecule has 2 aliphatic carbocycles. The summed E-state index contributed by atoms with van der Waals surface area (Å²) in [4.78, 5) is 28.6. The zero-order chi connectivity index (χ0) is 24.6. The second-order valence-corrected chi connectivity index (χ2v) is 9.77. The lowest BCUT2D eigenvalue weighted by Gasteiger charge is -2.35. The molecule has 2 aliphatic rings. The van der Waals surface area contributed by atoms with Crippen molar-refractivity contribution in [3.63, 3.8) is 0 Å². The molecule has 2 aromatic rings. The van der Waals surface area contributed by atoms with Crippen molar-refractivity contribution in [3.05, 3.63) is 65.0 Å². The number of nitrogens with one attached hydrogen (secondary N) is 1. The number of carboxylic acid groups (broad SMARTS) is 1. The fraction of sp³-hybridized carbons (Fsp3) is 0.536. The molecule has 1 saturated carbocycles. The fourth-order valence-electron chi connectivity index (χ4n) is 4.90. The summed E-state index contributed by atoms with van der Waals surface area (Å²) in [6.45, 7) is 2.04. The van der Waals surface area contributed by atoms with Crippen molar-refractivity contribution in [2.45, 2.75) is 83.0 Å². The number of carboxylic acids is 1. The van der Waals surface area contributed by atoms with E-state index < -0.39 is 24.2 Å². The lowest BCUT2D eigenvalue weighted by atomic mass is 9.79. The summed E-state index contributed by atoms with van der Waals surface area (Å²) in [5.74, 6) is -0.470. The van der Waals surface area contributed by atoms with E-state index in [0.717, 1.165) is 44.1 Å². The highest BCUT2D eigenvalue weighted by molar-refractivity contribution is 5.79. The summed E-state index contributed by atoms with van der Waals surface area (Å²) in [6, 6.07) is 12.7. The Balaban J connectivity index is 1.12. The van der Waals surface area contributed by atoms with E-state index in [4.69, 9.17) is 14.5 Å². The van der Waals surface area contributed by atoms with Crippen LogP contribution in [0.5, 0.6) is 0 Å². The third kappa shape index (κ3) is 7.28. The smallest absolute Gasteiger partial charge is 0.408 e. The zero-order valence-electron chi connectivity index (χ0n) is 20.4. The van der Waals surface area contributed by atoms with Crippen LogP contribution in [0.2, 0.25) is 0 Å². The summed E-state index contributed by atoms with van der Waals surface area (Å²) in [5, 5.41) is 11.9. The van der Waals surface area contributed by atoms with Crippen molar-refractivity contribution in [1.82, 2.24) is 10.3 Å². The molecule has 4 rings (SSSR count). The minimum Gasteiger partial charge on any atom is -0.480 e. The first-order chi connectivity index (χ1) is 17.0. The number of aliphatic carboxylic acids is 1. The van der Waals surface area contributed by atoms with Crippen LogP contribution >= 0.6 is 0 Å². The summed E-state index contributed by atoms with van der Waals surface area (Å²) in [7, 11) is 0. The standard InChI is InChI=1S/C28H36N2O5/c1-19(21-7-3-2-4-8-21)35-28(33)30-26(27(31)32)15-16-34-24-17-20(18-24)11-13-23-14-12-22-9-5-6-10-25(22)29-23/h2-4,7-8,12,14,19-20,24,26H,5-6,9-11,13,15-18H2,1H3,(H,30,33)(H,31,32)/t19-,20?,24?,26?/m1/s1. The van der Waals surface area contributed by atoms with Crippen molar-refractivity contribution in [2.75, 3.05) is 6.61 Å². The molecule has 188 valence electrons. The first-order valence-corrected chi connectivity index (χ1v) is 12.8. The molecule has 0 spiro atoms. The molecule has 1 fully saturated rings. The van der Waals surface area contributed by atoms with Crippen LogP contribution in [0.15, 0.2) is 42.5 Å². The SMILES string of the molecule is C[C@@H](OC(=O)NC(CCOC1CC(CCc2ccc3c(n2)CCCC3)C1)C(=O)O)c1ccccc1. The van der Waals surface area contributed by atoms with Crippen molar-refractivity contribution in [1.29, 1.82) is 0 Å². The fourth-order valence-corrected chi connectivity index (χ4v) is 4.90. The number of fused-ring (bicyclic) bond motifs is 1. The van der Waals surface area contributed by atoms with Gasteiger partial charge in [-0.1, -0.05) is 36.4 Å². The van der Waals surface area contributed by atoms with Gasteiger partial charge in [-0.2, -0.15) is 0 Å². The van der Waals surface area contributed by atoms with E-state index in [0.29, 0.717) is 5.92 Å². The molecule has 2 N–H and O–H groups in total. The van der Waals surface area contributed by atoms with E-state index in [1.54, 1.807) is 6.92 Å². The molecule has 35 heavy (non-hydrogen) atoms. The van der Waals surface area contributed by atoms with Crippen molar-refractivity contribution in [3.8, 4) is 0 Å². The van der Waals surface area contributed by atoms with E-state index in [1.165, 1.54) is 29.8 Å². The van der Waals surface area contributed by atoms with Crippen LogP contribution in [0.25, 0.3) is 0 Å². The lowest BCUT2D eigenvalue weighted by Crippen LogP contribution is -2.42. The molecule has 0 bridgehead atoms. The van der Waals surface area contributed by atoms with Crippen molar-refractivity contribution >= 4 is 12.1 Å². The third-order valence-corrected chi connectivity index (χ3v) is 7.14. The van der Waals surface area contributed by atoms with Gasteiger partial charge < -0.3 is 19.9 Å². The van der Waals surface area contributed by atoms with Gasteiger partial charge in [0.2, 0.25) is 0 Å². The Kier molecular flexibility index (Phi) is 8.74. The molecule has 7 nitrogen and oxygen atoms in total. The van der Waals surface area contributed by atoms with Crippen LogP contribution in [0.1, 0.15) is 74.1 Å². The Morgan fingerprint density at radius 2 is 1.89 bits per heavy atom. The average Bonchev–Trinajstić information content (AvgIpc) is 2.84. The highest BCUT2D eigenvalue weighted by Gasteiger charge is 2.30. The molecular formula is C28H36N2O5. The van der Waals surface area contributed by atoms with Gasteiger partial charge in [-0.25, -0.2) is 9.59 Å². The van der Waals surface area contributed by atoms with Crippen LogP contribution in [-0.2, 0) is 33.5 Å². The molecule has 2 atom stereocenters. The Hall–Kier alpha value is -2.93. The number of carbonyl (C=O) groups is 2. The van der Waals surface area contributed by atoms with E-state index >= 15 is 0 Å². The van der Waals surface area contributed by atoms with E-state index in [2.05, 4.69) is 17.4 Å². The number of carbonyl (C=O) groups excluding carboxylic acids is 1. The Bertz CT molecular complexity index is 990. The van der Waals surface area contributed by atoms with Gasteiger partial charge in [0.25, 0.3) is 0 Å². The second kappa shape index (κ2) is 12.2. The quantitative estimate of drug-likeness (QED) is 0.469. The summed E-state index contributed by atoms with van der Waals surface area (Å²) in [5.41, 5.74) is 4.76. The lowest BCUT2D eigenvalue weighted by molar-refractivity contribution is -0.140. The molecule has 1 amide bonds. The van der Waals surface area contributed by atoms with Crippen molar-refractivity contribution < 1.29 is 24.2 Å². The van der Waals surface area contributed by atoms with Crippen LogP contribution in [-0.4, -0.2) is 40.9 Å². The molecular weight excluding hydrogens is 444 g/mol. The van der Waals surface area contributed by atoms with Crippen LogP contribution < -0.4 is 5.32 Å². The maximum absolute atomic E-state index is 12.2. The van der Waals surface area contributed by atoms with Gasteiger partial charge in [0.15, 0.2) is 0 Å². The maximum Gasteiger partial charge on any atom is 0.408 e. The van der Waals surface area contributed by atoms with Gasteiger partial charge in [-0.3, -0.25) is 4.98 Å². The molecule has 7 heteroatoms. The molecule has 1 aromatic heterocycles. The number of benzene rings is 1. The Morgan fingerprint density at radius 3 is 2.66 bits per heavy atom. The molecule has 0 radical (unpaired) electrons. The normalized spacial score (nSPS) is 20.7. The third-order valence-electron chi connectivity index (χ3n) is 7.14. The number of aromatic nitrogens is 1. The summed E-state index contributed by atoms with van der Waals surface area (Å²) < 4.78 is 11.2. The predicted molar refractivity (Wildman–Crippen MR) is 132 cm³/mol. The highest BCUT2D eigenvalue weighted by Crippen LogP contribution is 2.34. The number of pyridine rings is 1. The second-order valence-electron chi connectivity index (χ2n) is 9.77. The van der Waals surface area contributed by atoms with Gasteiger partial charge in [-0.05, 0) is 81.4 Å². The van der Waals surface area contributed by atoms with E-state index in [9.17, 15) is 14.7 Å². The molecule has 1 unspecified atom stereocenters. The van der Waals surface area contributed by atoms with Gasteiger partial charge in [0.1, 0.15) is 12.1 Å². The molecule has 0 saturated heterocycles. The Labute approximate surface area is 207 Å². The number of amides is 1. The zero-order valence-corrected chi connectivity index (χ0v) is 20.4. The average molecular weight is 481 g/mol. The number of ether oxygens (including phenoxy) is 2. The van der Waals surface area contributed by atoms with Crippen LogP contribution in [0.3, 0.4) is 0 Å². The van der Waals surface area contributed by atoms with Gasteiger partial charge >= 0.3 is 12.1 Å². The molecule has 1 heterocycles. The van der Waals surface area contributed by atoms with E-state index in [-0.39, 0.29) is 19.1 Å². The van der Waals surface area contributed by atoms with Crippen molar-refractivity contribution in [2.24, 2.45) is 5.92 Å². The number of aryl methyl sites for hydroxylation is 3. The monoisotopic (exact) mass is 480 g/mol. The van der Waals surface area contributed by atoms with Gasteiger partial charge in [0.05, 0.1) is 6.10 Å². The largest absolute Gasteiger partial charge is 0.480 e. The first-order valence-electron chi connectivity index (χ1n) is 12.8. The summed E-state index contributed by atoms with van der Waals surface area (Å²) >= 11 is 0. The minimum atomic E-state index is -1.10. The first kappa shape index (κ1) is 25.2. The van der Waals surface area contributed by atoms with Gasteiger partial charge in [0, 0.05) is 24.4 Å². The summed E-state index contributed by atoms with van der Waals surface area (Å²) in [6.07, 6.45) is 8.04. The van der Waals surface area contributed by atoms with E-state index in [1.807, 2.05) is 30.3 Å². The topological polar surface area (TPSA) is 97.8 Å². The van der Waals surface area contributed by atoms with Gasteiger partial charge in [-0.15, -0.1) is 0 Å². The molecule has 0 aliphatic heterocycles. The van der Waals surface area contributed by atoms with Crippen LogP contribution in [0, 0.1) is 5.92 Å². The van der Waals surface area contributed by atoms with Crippen LogP contribution in [0.4, 0.5) is 4.79 Å². The number of alkyl carbamates (subject to hydrolysis) is 1. The number of rotatable bonds is 11. The molecule has 1 aromatic carbocycles. The highest BCUT2D eigenvalue weighted by atomic mass is 16.6. The number of hydrogen-bond donors (Lipinski definition) is 2.